The first-order valence-electron chi connectivity index (χ1n) is 5.97. The number of rotatable bonds is 6. The molecule has 0 fully saturated rings. The monoisotopic (exact) mass is 251 g/mol. The van der Waals surface area contributed by atoms with Crippen LogP contribution in [0.2, 0.25) is 5.02 Å². The molecular formula is C13H18ClN3. The largest absolute Gasteiger partial charge is 0.361 e. The molecule has 0 atom stereocenters. The topological polar surface area (TPSA) is 53.8 Å². The Balaban J connectivity index is 1.95. The van der Waals surface area contributed by atoms with Gasteiger partial charge in [-0.3, -0.25) is 0 Å². The van der Waals surface area contributed by atoms with E-state index in [1.807, 2.05) is 18.3 Å². The number of fused-ring (bicyclic) bond motifs is 1. The highest BCUT2D eigenvalue weighted by molar-refractivity contribution is 6.31. The fraction of sp³-hybridized carbons (Fsp3) is 0.385. The number of H-pyrrole nitrogens is 1. The van der Waals surface area contributed by atoms with Gasteiger partial charge in [-0.05, 0) is 43.6 Å². The average Bonchev–Trinajstić information content (AvgIpc) is 2.71. The van der Waals surface area contributed by atoms with Gasteiger partial charge in [-0.15, -0.1) is 0 Å². The van der Waals surface area contributed by atoms with Crippen LogP contribution in [-0.4, -0.2) is 18.1 Å². The molecule has 2 aromatic rings. The van der Waals surface area contributed by atoms with E-state index in [-0.39, 0.29) is 0 Å². The van der Waals surface area contributed by atoms with Gasteiger partial charge >= 0.3 is 0 Å². The number of benzene rings is 1. The molecule has 2 rings (SSSR count). The second kappa shape index (κ2) is 6.05. The third kappa shape index (κ3) is 3.22. The Morgan fingerprint density at radius 1 is 1.29 bits per heavy atom. The van der Waals surface area contributed by atoms with Crippen LogP contribution >= 0.6 is 11.6 Å². The Kier molecular flexibility index (Phi) is 4.42. The summed E-state index contributed by atoms with van der Waals surface area (Å²) in [5.74, 6) is 0. The van der Waals surface area contributed by atoms with Crippen molar-refractivity contribution in [1.29, 1.82) is 0 Å². The van der Waals surface area contributed by atoms with Crippen molar-refractivity contribution in [2.24, 2.45) is 5.73 Å². The third-order valence-electron chi connectivity index (χ3n) is 2.85. The molecule has 0 unspecified atom stereocenters. The zero-order chi connectivity index (χ0) is 12.1. The van der Waals surface area contributed by atoms with E-state index >= 15 is 0 Å². The molecule has 0 saturated carbocycles. The first-order chi connectivity index (χ1) is 8.31. The van der Waals surface area contributed by atoms with Gasteiger partial charge in [0, 0.05) is 28.7 Å². The highest BCUT2D eigenvalue weighted by Crippen LogP contribution is 2.21. The van der Waals surface area contributed by atoms with Crippen LogP contribution < -0.4 is 11.1 Å². The number of halogens is 1. The van der Waals surface area contributed by atoms with Crippen LogP contribution in [0.4, 0.5) is 0 Å². The lowest BCUT2D eigenvalue weighted by Gasteiger charge is -2.03. The minimum absolute atomic E-state index is 0.766. The van der Waals surface area contributed by atoms with Crippen molar-refractivity contribution < 1.29 is 0 Å². The third-order valence-corrected chi connectivity index (χ3v) is 3.09. The number of unbranched alkanes of at least 4 members (excludes halogenated alkanes) is 1. The Morgan fingerprint density at radius 2 is 2.18 bits per heavy atom. The van der Waals surface area contributed by atoms with Gasteiger partial charge in [0.15, 0.2) is 0 Å². The first kappa shape index (κ1) is 12.4. The van der Waals surface area contributed by atoms with Crippen molar-refractivity contribution in [2.45, 2.75) is 19.4 Å². The standard InChI is InChI=1S/C13H18ClN3/c14-11-3-4-12-10(9-17-13(12)7-11)8-16-6-2-1-5-15/h3-4,7,9,16-17H,1-2,5-6,8,15H2. The molecule has 92 valence electrons. The SMILES string of the molecule is NCCCCNCc1c[nH]c2cc(Cl)ccc12. The molecule has 0 aliphatic rings. The molecule has 1 aromatic carbocycles. The quantitative estimate of drug-likeness (QED) is 0.692. The summed E-state index contributed by atoms with van der Waals surface area (Å²) >= 11 is 5.94. The molecule has 17 heavy (non-hydrogen) atoms. The summed E-state index contributed by atoms with van der Waals surface area (Å²) in [4.78, 5) is 3.24. The smallest absolute Gasteiger partial charge is 0.0472 e. The lowest BCUT2D eigenvalue weighted by molar-refractivity contribution is 0.629. The van der Waals surface area contributed by atoms with Crippen LogP contribution in [0.5, 0.6) is 0 Å². The van der Waals surface area contributed by atoms with E-state index in [1.165, 1.54) is 10.9 Å². The van der Waals surface area contributed by atoms with Crippen molar-refractivity contribution in [3.05, 3.63) is 35.0 Å². The number of aromatic nitrogens is 1. The van der Waals surface area contributed by atoms with Gasteiger partial charge in [-0.2, -0.15) is 0 Å². The molecule has 0 radical (unpaired) electrons. The van der Waals surface area contributed by atoms with Crippen LogP contribution in [-0.2, 0) is 6.54 Å². The fourth-order valence-electron chi connectivity index (χ4n) is 1.92. The lowest BCUT2D eigenvalue weighted by Crippen LogP contribution is -2.15. The van der Waals surface area contributed by atoms with Crippen molar-refractivity contribution in [1.82, 2.24) is 10.3 Å². The summed E-state index contributed by atoms with van der Waals surface area (Å²) in [6, 6.07) is 5.94. The van der Waals surface area contributed by atoms with E-state index in [0.717, 1.165) is 43.0 Å². The average molecular weight is 252 g/mol. The Labute approximate surface area is 106 Å². The molecule has 4 N–H and O–H groups in total. The normalized spacial score (nSPS) is 11.2. The maximum Gasteiger partial charge on any atom is 0.0472 e. The number of hydrogen-bond donors (Lipinski definition) is 3. The molecule has 0 bridgehead atoms. The van der Waals surface area contributed by atoms with E-state index in [2.05, 4.69) is 16.4 Å². The zero-order valence-corrected chi connectivity index (χ0v) is 10.6. The Bertz CT molecular complexity index is 478. The van der Waals surface area contributed by atoms with Crippen molar-refractivity contribution in [2.75, 3.05) is 13.1 Å². The van der Waals surface area contributed by atoms with Crippen LogP contribution in [0.15, 0.2) is 24.4 Å². The molecule has 0 saturated heterocycles. The second-order valence-corrected chi connectivity index (χ2v) is 4.61. The zero-order valence-electron chi connectivity index (χ0n) is 9.80. The van der Waals surface area contributed by atoms with Gasteiger partial charge in [0.2, 0.25) is 0 Å². The molecule has 0 aliphatic carbocycles. The number of nitrogens with one attached hydrogen (secondary N) is 2. The minimum atomic E-state index is 0.766. The van der Waals surface area contributed by atoms with E-state index in [1.54, 1.807) is 0 Å². The molecule has 0 amide bonds. The van der Waals surface area contributed by atoms with Gasteiger partial charge in [0.1, 0.15) is 0 Å². The van der Waals surface area contributed by atoms with Crippen LogP contribution in [0.3, 0.4) is 0 Å². The maximum atomic E-state index is 5.94. The number of hydrogen-bond acceptors (Lipinski definition) is 2. The molecule has 3 nitrogen and oxygen atoms in total. The van der Waals surface area contributed by atoms with E-state index < -0.39 is 0 Å². The number of nitrogens with two attached hydrogens (primary N) is 1. The minimum Gasteiger partial charge on any atom is -0.361 e. The lowest BCUT2D eigenvalue weighted by atomic mass is 10.2. The molecule has 0 aliphatic heterocycles. The van der Waals surface area contributed by atoms with Crippen LogP contribution in [0, 0.1) is 0 Å². The molecular weight excluding hydrogens is 234 g/mol. The van der Waals surface area contributed by atoms with E-state index in [9.17, 15) is 0 Å². The summed E-state index contributed by atoms with van der Waals surface area (Å²) in [6.45, 7) is 2.66. The summed E-state index contributed by atoms with van der Waals surface area (Å²) in [7, 11) is 0. The number of aromatic amines is 1. The molecule has 0 spiro atoms. The van der Waals surface area contributed by atoms with Gasteiger partial charge in [-0.25, -0.2) is 0 Å². The predicted octanol–water partition coefficient (Wildman–Crippen LogP) is 2.65. The van der Waals surface area contributed by atoms with Gasteiger partial charge in [0.05, 0.1) is 0 Å². The first-order valence-corrected chi connectivity index (χ1v) is 6.35. The van der Waals surface area contributed by atoms with Crippen LogP contribution in [0.1, 0.15) is 18.4 Å². The summed E-state index contributed by atoms with van der Waals surface area (Å²) < 4.78 is 0. The summed E-state index contributed by atoms with van der Waals surface area (Å²) in [5.41, 5.74) is 7.82. The van der Waals surface area contributed by atoms with Crippen molar-refractivity contribution in [3.63, 3.8) is 0 Å². The van der Waals surface area contributed by atoms with Crippen molar-refractivity contribution >= 4 is 22.5 Å². The molecule has 4 heteroatoms. The summed E-state index contributed by atoms with van der Waals surface area (Å²) in [6.07, 6.45) is 4.25. The predicted molar refractivity (Wildman–Crippen MR) is 73.3 cm³/mol. The van der Waals surface area contributed by atoms with Gasteiger partial charge < -0.3 is 16.0 Å². The van der Waals surface area contributed by atoms with Crippen molar-refractivity contribution in [3.8, 4) is 0 Å². The second-order valence-electron chi connectivity index (χ2n) is 4.18. The van der Waals surface area contributed by atoms with Crippen LogP contribution in [0.25, 0.3) is 10.9 Å². The van der Waals surface area contributed by atoms with E-state index in [0.29, 0.717) is 0 Å². The summed E-state index contributed by atoms with van der Waals surface area (Å²) in [5, 5.41) is 5.42. The highest BCUT2D eigenvalue weighted by Gasteiger charge is 2.03. The highest BCUT2D eigenvalue weighted by atomic mass is 35.5. The maximum absolute atomic E-state index is 5.94. The van der Waals surface area contributed by atoms with Gasteiger partial charge in [-0.1, -0.05) is 17.7 Å². The Hall–Kier alpha value is -1.03. The van der Waals surface area contributed by atoms with E-state index in [4.69, 9.17) is 17.3 Å². The molecule has 1 aromatic heterocycles. The fourth-order valence-corrected chi connectivity index (χ4v) is 2.09. The molecule has 1 heterocycles. The Morgan fingerprint density at radius 3 is 3.00 bits per heavy atom. The van der Waals surface area contributed by atoms with Gasteiger partial charge in [0.25, 0.3) is 0 Å².